The summed E-state index contributed by atoms with van der Waals surface area (Å²) in [6.45, 7) is 5.88. The van der Waals surface area contributed by atoms with E-state index in [1.807, 2.05) is 24.3 Å². The Hall–Kier alpha value is -3.41. The highest BCUT2D eigenvalue weighted by Crippen LogP contribution is 2.67. The third-order valence-corrected chi connectivity index (χ3v) is 15.5. The number of carbonyl (C=O) groups is 2. The number of aromatic nitrogens is 1. The van der Waals surface area contributed by atoms with Crippen LogP contribution in [0.2, 0.25) is 0 Å². The molecular weight excluding hydrogens is 639 g/mol. The molecule has 258 valence electrons. The monoisotopic (exact) mass is 683 g/mol. The Labute approximate surface area is 287 Å². The first-order valence-electron chi connectivity index (χ1n) is 18.3. The average molecular weight is 684 g/mol. The van der Waals surface area contributed by atoms with E-state index in [0.717, 1.165) is 92.7 Å². The minimum Gasteiger partial charge on any atom is -0.508 e. The smallest absolute Gasteiger partial charge is 0.264 e. The number of nitrogens with zero attached hydrogens (tertiary/aromatic N) is 3. The first-order valence-corrected chi connectivity index (χ1v) is 19.8. The molecule has 1 aromatic heterocycles. The second-order valence-electron chi connectivity index (χ2n) is 16.8. The van der Waals surface area contributed by atoms with Gasteiger partial charge < -0.3 is 24.8 Å². The Morgan fingerprint density at radius 2 is 1.65 bits per heavy atom. The lowest BCUT2D eigenvalue weighted by molar-refractivity contribution is -0.137. The van der Waals surface area contributed by atoms with E-state index in [2.05, 4.69) is 31.5 Å². The van der Waals surface area contributed by atoms with Crippen molar-refractivity contribution in [2.75, 3.05) is 46.3 Å². The summed E-state index contributed by atoms with van der Waals surface area (Å²) >= 11 is 0. The highest BCUT2D eigenvalue weighted by molar-refractivity contribution is 7.91. The summed E-state index contributed by atoms with van der Waals surface area (Å²) in [7, 11) is -1.51. The molecule has 0 bridgehead atoms. The van der Waals surface area contributed by atoms with E-state index >= 15 is 4.79 Å². The zero-order valence-electron chi connectivity index (χ0n) is 28.1. The van der Waals surface area contributed by atoms with Gasteiger partial charge in [-0.3, -0.25) is 9.59 Å². The fraction of sp³-hybridized carbons (Fsp3) is 0.579. The number of sulfonamides is 1. The number of phenolic OH excluding ortho intramolecular Hbond substituents is 1. The number of fused-ring (bicyclic) bond motifs is 7. The molecule has 3 saturated carbocycles. The van der Waals surface area contributed by atoms with Gasteiger partial charge in [0.25, 0.3) is 5.91 Å². The minimum absolute atomic E-state index is 0.0116. The van der Waals surface area contributed by atoms with Gasteiger partial charge in [0.1, 0.15) is 5.75 Å². The molecule has 4 aliphatic heterocycles. The average Bonchev–Trinajstić information content (AvgIpc) is 3.94. The molecule has 4 unspecified atom stereocenters. The molecule has 5 heterocycles. The van der Waals surface area contributed by atoms with Crippen LogP contribution in [0.15, 0.2) is 36.4 Å². The molecule has 3 aromatic rings. The third-order valence-electron chi connectivity index (χ3n) is 13.7. The van der Waals surface area contributed by atoms with Gasteiger partial charge in [-0.25, -0.2) is 13.1 Å². The standard InChI is InChI=1S/C38H45N5O5S/c1-41-18-36-16-39-17-37(36,19-41)21-42(20-36)35(46)38-15-30(38)29-14-25(44)8-12-27(29)33-32(23-5-3-2-4-6-23)28-11-7-24(13-31(28)43(33)22-38)34(45)40-49(47,48)26-9-10-26/h7-8,11-14,23,26,30,39,44H,2-6,9-10,15-22H2,1H3,(H,40,45). The molecule has 3 saturated heterocycles. The van der Waals surface area contributed by atoms with Gasteiger partial charge in [-0.15, -0.1) is 0 Å². The van der Waals surface area contributed by atoms with E-state index in [9.17, 15) is 18.3 Å². The molecule has 11 heteroatoms. The van der Waals surface area contributed by atoms with E-state index in [1.165, 1.54) is 12.0 Å². The molecule has 10 nitrogen and oxygen atoms in total. The predicted octanol–water partition coefficient (Wildman–Crippen LogP) is 4.13. The molecule has 4 atom stereocenters. The molecule has 3 N–H and O–H groups in total. The van der Waals surface area contributed by atoms with Gasteiger partial charge in [0.15, 0.2) is 0 Å². The van der Waals surface area contributed by atoms with Crippen molar-refractivity contribution >= 4 is 32.7 Å². The van der Waals surface area contributed by atoms with Crippen LogP contribution >= 0.6 is 0 Å². The third kappa shape index (κ3) is 4.27. The number of hydrogen-bond donors (Lipinski definition) is 3. The Bertz CT molecular complexity index is 2050. The minimum atomic E-state index is -3.70. The van der Waals surface area contributed by atoms with Gasteiger partial charge >= 0.3 is 0 Å². The number of benzene rings is 2. The molecule has 2 amide bonds. The Balaban J connectivity index is 1.12. The maximum Gasteiger partial charge on any atom is 0.264 e. The van der Waals surface area contributed by atoms with Gasteiger partial charge in [0.2, 0.25) is 15.9 Å². The molecule has 10 rings (SSSR count). The largest absolute Gasteiger partial charge is 0.508 e. The van der Waals surface area contributed by atoms with Crippen LogP contribution in [0.25, 0.3) is 22.2 Å². The Morgan fingerprint density at radius 1 is 0.918 bits per heavy atom. The van der Waals surface area contributed by atoms with E-state index in [1.54, 1.807) is 12.1 Å². The fourth-order valence-electron chi connectivity index (χ4n) is 11.2. The number of likely N-dealkylation sites (tertiary alicyclic amines) is 2. The van der Waals surface area contributed by atoms with E-state index in [4.69, 9.17) is 0 Å². The Kier molecular flexibility index (Phi) is 6.27. The van der Waals surface area contributed by atoms with Crippen LogP contribution in [0.1, 0.15) is 84.7 Å². The number of hydrogen-bond acceptors (Lipinski definition) is 7. The summed E-state index contributed by atoms with van der Waals surface area (Å²) in [6, 6.07) is 11.3. The van der Waals surface area contributed by atoms with Crippen LogP contribution < -0.4 is 10.0 Å². The maximum absolute atomic E-state index is 15.1. The van der Waals surface area contributed by atoms with Gasteiger partial charge in [-0.1, -0.05) is 25.3 Å². The van der Waals surface area contributed by atoms with Crippen molar-refractivity contribution in [3.63, 3.8) is 0 Å². The Morgan fingerprint density at radius 3 is 2.37 bits per heavy atom. The molecular formula is C38H45N5O5S. The number of phenols is 1. The molecule has 7 aliphatic rings. The molecule has 0 radical (unpaired) electrons. The van der Waals surface area contributed by atoms with Crippen molar-refractivity contribution in [3.05, 3.63) is 53.1 Å². The van der Waals surface area contributed by atoms with Gasteiger partial charge in [0.05, 0.1) is 16.4 Å². The first-order chi connectivity index (χ1) is 23.5. The topological polar surface area (TPSA) is 124 Å². The van der Waals surface area contributed by atoms with Crippen LogP contribution in [0.5, 0.6) is 5.75 Å². The lowest BCUT2D eigenvalue weighted by Gasteiger charge is -2.29. The van der Waals surface area contributed by atoms with E-state index in [0.29, 0.717) is 37.3 Å². The summed E-state index contributed by atoms with van der Waals surface area (Å²) in [5.41, 5.74) is 5.14. The van der Waals surface area contributed by atoms with Crippen LogP contribution in [-0.4, -0.2) is 91.3 Å². The summed E-state index contributed by atoms with van der Waals surface area (Å²) in [5.74, 6) is 0.143. The van der Waals surface area contributed by atoms with Gasteiger partial charge in [-0.2, -0.15) is 0 Å². The van der Waals surface area contributed by atoms with Gasteiger partial charge in [0, 0.05) is 84.6 Å². The first kappa shape index (κ1) is 30.4. The second kappa shape index (κ2) is 10.1. The van der Waals surface area contributed by atoms with Crippen molar-refractivity contribution in [2.45, 2.75) is 75.0 Å². The van der Waals surface area contributed by atoms with Crippen LogP contribution in [0.4, 0.5) is 0 Å². The lowest BCUT2D eigenvalue weighted by Crippen LogP contribution is -2.44. The van der Waals surface area contributed by atoms with Crippen molar-refractivity contribution < 1.29 is 23.1 Å². The number of carbonyl (C=O) groups excluding carboxylic acids is 2. The van der Waals surface area contributed by atoms with Crippen LogP contribution in [-0.2, 0) is 21.4 Å². The second-order valence-corrected chi connectivity index (χ2v) is 18.7. The maximum atomic E-state index is 15.1. The summed E-state index contributed by atoms with van der Waals surface area (Å²) in [6.07, 6.45) is 7.57. The van der Waals surface area contributed by atoms with Crippen molar-refractivity contribution in [2.24, 2.45) is 16.2 Å². The zero-order chi connectivity index (χ0) is 33.5. The molecule has 49 heavy (non-hydrogen) atoms. The predicted molar refractivity (Wildman–Crippen MR) is 186 cm³/mol. The van der Waals surface area contributed by atoms with Gasteiger partial charge in [-0.05, 0) is 86.5 Å². The molecule has 3 aliphatic carbocycles. The summed E-state index contributed by atoms with van der Waals surface area (Å²) < 4.78 is 30.1. The van der Waals surface area contributed by atoms with Crippen molar-refractivity contribution in [1.29, 1.82) is 0 Å². The number of rotatable bonds is 5. The van der Waals surface area contributed by atoms with Crippen molar-refractivity contribution in [3.8, 4) is 17.0 Å². The van der Waals surface area contributed by atoms with Crippen molar-refractivity contribution in [1.82, 2.24) is 24.4 Å². The highest BCUT2D eigenvalue weighted by atomic mass is 32.2. The van der Waals surface area contributed by atoms with Crippen LogP contribution in [0, 0.1) is 16.2 Å². The fourth-order valence-corrected chi connectivity index (χ4v) is 12.5. The quantitative estimate of drug-likeness (QED) is 0.370. The summed E-state index contributed by atoms with van der Waals surface area (Å²) in [4.78, 5) is 33.1. The lowest BCUT2D eigenvalue weighted by atomic mass is 9.71. The zero-order valence-corrected chi connectivity index (χ0v) is 28.9. The normalized spacial score (nSPS) is 32.3. The highest BCUT2D eigenvalue weighted by Gasteiger charge is 2.69. The van der Waals surface area contributed by atoms with Crippen LogP contribution in [0.3, 0.4) is 0 Å². The van der Waals surface area contributed by atoms with E-state index in [-0.39, 0.29) is 28.4 Å². The van der Waals surface area contributed by atoms with E-state index < -0.39 is 26.6 Å². The SMILES string of the molecule is CN1CC23CNCC2(C1)CN(C(=O)C12CC1c1cc(O)ccc1-c1c(C4CCCCC4)c4ccc(C(=O)NS(=O)(=O)C5CC5)cc4n1C2)C3. The number of aromatic hydroxyl groups is 1. The molecule has 0 spiro atoms. The molecule has 6 fully saturated rings. The number of nitrogens with one attached hydrogen (secondary N) is 2. The molecule has 2 aromatic carbocycles. The number of amides is 2. The summed E-state index contributed by atoms with van der Waals surface area (Å²) in [5, 5.41) is 15.1.